The first-order valence-corrected chi connectivity index (χ1v) is 7.30. The highest BCUT2D eigenvalue weighted by atomic mass is 32.2. The van der Waals surface area contributed by atoms with Crippen LogP contribution in [0.2, 0.25) is 0 Å². The summed E-state index contributed by atoms with van der Waals surface area (Å²) in [6.45, 7) is 0. The van der Waals surface area contributed by atoms with E-state index in [1.165, 1.54) is 35.0 Å². The second-order valence-corrected chi connectivity index (χ2v) is 6.01. The monoisotopic (exact) mass is 291 g/mol. The third kappa shape index (κ3) is 2.26. The van der Waals surface area contributed by atoms with Gasteiger partial charge in [-0.2, -0.15) is 5.26 Å². The van der Waals surface area contributed by atoms with Crippen molar-refractivity contribution in [1.82, 2.24) is 4.57 Å². The zero-order valence-electron chi connectivity index (χ0n) is 10.3. The van der Waals surface area contributed by atoms with Gasteiger partial charge in [0.1, 0.15) is 22.3 Å². The Morgan fingerprint density at radius 1 is 1.30 bits per heavy atom. The van der Waals surface area contributed by atoms with Crippen LogP contribution in [0.15, 0.2) is 41.4 Å². The summed E-state index contributed by atoms with van der Waals surface area (Å²) < 4.78 is 24.6. The second-order valence-electron chi connectivity index (χ2n) is 4.03. The third-order valence-electron chi connectivity index (χ3n) is 2.68. The van der Waals surface area contributed by atoms with Crippen LogP contribution in [0.25, 0.3) is 5.69 Å². The van der Waals surface area contributed by atoms with Gasteiger partial charge in [0, 0.05) is 12.5 Å². The zero-order chi connectivity index (χ0) is 14.9. The van der Waals surface area contributed by atoms with Crippen molar-refractivity contribution in [3.05, 3.63) is 52.3 Å². The van der Waals surface area contributed by atoms with Gasteiger partial charge in [0.25, 0.3) is 0 Å². The Morgan fingerprint density at radius 2 is 2.00 bits per heavy atom. The highest BCUT2D eigenvalue weighted by molar-refractivity contribution is 7.90. The first-order valence-electron chi connectivity index (χ1n) is 5.41. The van der Waals surface area contributed by atoms with E-state index in [2.05, 4.69) is 0 Å². The molecule has 0 bridgehead atoms. The van der Waals surface area contributed by atoms with E-state index < -0.39 is 20.4 Å². The molecule has 2 rings (SSSR count). The number of rotatable bonds is 3. The Balaban J connectivity index is 2.86. The molecule has 0 aliphatic rings. The van der Waals surface area contributed by atoms with E-state index >= 15 is 0 Å². The molecule has 1 aromatic carbocycles. The fourth-order valence-corrected chi connectivity index (χ4v) is 2.73. The number of hydrogen-bond donors (Lipinski definition) is 0. The van der Waals surface area contributed by atoms with E-state index in [4.69, 9.17) is 5.26 Å². The molecule has 0 spiro atoms. The summed E-state index contributed by atoms with van der Waals surface area (Å²) in [5, 5.41) is 20.2. The largest absolute Gasteiger partial charge is 0.311 e. The molecule has 2 aromatic rings. The standard InChI is InChI=1S/C12H9N3O4S/c1-20(18,19)11-6-2-5-10(12(11)15(16)17)14-7-3-4-9(14)8-13/h2-7H,1H3. The van der Waals surface area contributed by atoms with Gasteiger partial charge in [-0.05, 0) is 24.3 Å². The predicted octanol–water partition coefficient (Wildman–Crippen LogP) is 1.66. The van der Waals surface area contributed by atoms with Crippen molar-refractivity contribution >= 4 is 15.5 Å². The number of para-hydroxylation sites is 1. The summed E-state index contributed by atoms with van der Waals surface area (Å²) in [7, 11) is -3.75. The lowest BCUT2D eigenvalue weighted by Gasteiger charge is -2.08. The second kappa shape index (κ2) is 4.79. The molecule has 0 amide bonds. The zero-order valence-corrected chi connectivity index (χ0v) is 11.2. The number of nitro benzene ring substituents is 1. The number of sulfone groups is 1. The van der Waals surface area contributed by atoms with Gasteiger partial charge >= 0.3 is 5.69 Å². The van der Waals surface area contributed by atoms with Gasteiger partial charge in [-0.3, -0.25) is 10.1 Å². The van der Waals surface area contributed by atoms with Crippen molar-refractivity contribution in [2.45, 2.75) is 4.90 Å². The number of nitro groups is 1. The SMILES string of the molecule is CS(=O)(=O)c1cccc(-n2cccc2C#N)c1[N+](=O)[O-]. The molecule has 0 unspecified atom stereocenters. The highest BCUT2D eigenvalue weighted by Gasteiger charge is 2.27. The molecule has 7 nitrogen and oxygen atoms in total. The minimum absolute atomic E-state index is 0.0412. The average Bonchev–Trinajstić information content (AvgIpc) is 2.84. The van der Waals surface area contributed by atoms with E-state index in [-0.39, 0.29) is 16.3 Å². The van der Waals surface area contributed by atoms with Crippen LogP contribution in [-0.4, -0.2) is 24.2 Å². The van der Waals surface area contributed by atoms with Crippen LogP contribution < -0.4 is 0 Å². The molecule has 0 atom stereocenters. The number of nitrogens with zero attached hydrogens (tertiary/aromatic N) is 3. The maximum Gasteiger partial charge on any atom is 0.311 e. The molecule has 20 heavy (non-hydrogen) atoms. The van der Waals surface area contributed by atoms with Gasteiger partial charge in [-0.1, -0.05) is 6.07 Å². The predicted molar refractivity (Wildman–Crippen MR) is 70.2 cm³/mol. The van der Waals surface area contributed by atoms with Crippen LogP contribution in [0, 0.1) is 21.4 Å². The van der Waals surface area contributed by atoms with Gasteiger partial charge in [0.05, 0.1) is 4.92 Å². The summed E-state index contributed by atoms with van der Waals surface area (Å²) in [6.07, 6.45) is 2.37. The normalized spacial score (nSPS) is 11.0. The van der Waals surface area contributed by atoms with Gasteiger partial charge in [0.15, 0.2) is 9.84 Å². The fourth-order valence-electron chi connectivity index (χ4n) is 1.87. The summed E-state index contributed by atoms with van der Waals surface area (Å²) in [6, 6.07) is 8.90. The van der Waals surface area contributed by atoms with Crippen LogP contribution in [-0.2, 0) is 9.84 Å². The Kier molecular flexibility index (Phi) is 3.29. The van der Waals surface area contributed by atoms with Crippen LogP contribution in [0.1, 0.15) is 5.69 Å². The molecule has 0 saturated heterocycles. The molecule has 1 aromatic heterocycles. The molecular weight excluding hydrogens is 282 g/mol. The van der Waals surface area contributed by atoms with Crippen molar-refractivity contribution < 1.29 is 13.3 Å². The number of benzene rings is 1. The van der Waals surface area contributed by atoms with Crippen LogP contribution in [0.4, 0.5) is 5.69 Å². The molecule has 1 heterocycles. The Morgan fingerprint density at radius 3 is 2.55 bits per heavy atom. The first kappa shape index (κ1) is 13.8. The Bertz CT molecular complexity index is 831. The Labute approximate surface area is 114 Å². The van der Waals surface area contributed by atoms with Crippen molar-refractivity contribution in [1.29, 1.82) is 5.26 Å². The van der Waals surface area contributed by atoms with E-state index in [0.29, 0.717) is 0 Å². The summed E-state index contributed by atoms with van der Waals surface area (Å²) >= 11 is 0. The molecule has 8 heteroatoms. The van der Waals surface area contributed by atoms with Gasteiger partial charge < -0.3 is 4.57 Å². The number of aromatic nitrogens is 1. The minimum atomic E-state index is -3.75. The van der Waals surface area contributed by atoms with E-state index in [1.54, 1.807) is 6.07 Å². The lowest BCUT2D eigenvalue weighted by molar-refractivity contribution is -0.387. The van der Waals surface area contributed by atoms with Gasteiger partial charge in [-0.15, -0.1) is 0 Å². The van der Waals surface area contributed by atoms with E-state index in [1.807, 2.05) is 6.07 Å². The molecule has 0 radical (unpaired) electrons. The van der Waals surface area contributed by atoms with Gasteiger partial charge in [-0.25, -0.2) is 8.42 Å². The van der Waals surface area contributed by atoms with E-state index in [0.717, 1.165) is 6.26 Å². The molecule has 0 aliphatic heterocycles. The van der Waals surface area contributed by atoms with Gasteiger partial charge in [0.2, 0.25) is 0 Å². The van der Waals surface area contributed by atoms with Crippen LogP contribution in [0.5, 0.6) is 0 Å². The average molecular weight is 291 g/mol. The van der Waals surface area contributed by atoms with Crippen molar-refractivity contribution in [3.8, 4) is 11.8 Å². The van der Waals surface area contributed by atoms with E-state index in [9.17, 15) is 18.5 Å². The molecule has 0 aliphatic carbocycles. The first-order chi connectivity index (χ1) is 9.36. The lowest BCUT2D eigenvalue weighted by atomic mass is 10.2. The highest BCUT2D eigenvalue weighted by Crippen LogP contribution is 2.31. The molecule has 102 valence electrons. The topological polar surface area (TPSA) is 106 Å². The molecule has 0 saturated carbocycles. The smallest absolute Gasteiger partial charge is 0.302 e. The third-order valence-corrected chi connectivity index (χ3v) is 3.81. The summed E-state index contributed by atoms with van der Waals surface area (Å²) in [4.78, 5) is 10.1. The van der Waals surface area contributed by atoms with Crippen LogP contribution >= 0.6 is 0 Å². The Hall–Kier alpha value is -2.66. The summed E-state index contributed by atoms with van der Waals surface area (Å²) in [5.74, 6) is 0. The quantitative estimate of drug-likeness (QED) is 0.631. The lowest BCUT2D eigenvalue weighted by Crippen LogP contribution is -2.07. The van der Waals surface area contributed by atoms with Crippen molar-refractivity contribution in [2.24, 2.45) is 0 Å². The van der Waals surface area contributed by atoms with Crippen molar-refractivity contribution in [2.75, 3.05) is 6.26 Å². The number of hydrogen-bond acceptors (Lipinski definition) is 5. The maximum absolute atomic E-state index is 11.7. The number of nitriles is 1. The summed E-state index contributed by atoms with van der Waals surface area (Å²) in [5.41, 5.74) is -0.319. The fraction of sp³-hybridized carbons (Fsp3) is 0.0833. The molecule has 0 N–H and O–H groups in total. The maximum atomic E-state index is 11.7. The molecular formula is C12H9N3O4S. The molecule has 0 fully saturated rings. The minimum Gasteiger partial charge on any atom is -0.302 e. The van der Waals surface area contributed by atoms with Crippen molar-refractivity contribution in [3.63, 3.8) is 0 Å². The van der Waals surface area contributed by atoms with Crippen LogP contribution in [0.3, 0.4) is 0 Å².